The first-order valence-corrected chi connectivity index (χ1v) is 6.88. The quantitative estimate of drug-likeness (QED) is 0.848. The minimum Gasteiger partial charge on any atom is -0.352 e. The molecule has 0 aromatic heterocycles. The molecule has 1 heterocycles. The van der Waals surface area contributed by atoms with Crippen molar-refractivity contribution in [1.82, 2.24) is 10.6 Å². The molecule has 1 aliphatic heterocycles. The predicted octanol–water partition coefficient (Wildman–Crippen LogP) is 1.62. The van der Waals surface area contributed by atoms with Crippen molar-refractivity contribution >= 4 is 5.91 Å². The molecule has 0 saturated heterocycles. The smallest absolute Gasteiger partial charge is 0.237 e. The van der Waals surface area contributed by atoms with E-state index in [1.807, 2.05) is 6.07 Å². The van der Waals surface area contributed by atoms with Crippen molar-refractivity contribution < 1.29 is 4.79 Å². The minimum absolute atomic E-state index is 0.0574. The third kappa shape index (κ3) is 2.27. The first-order chi connectivity index (χ1) is 8.78. The van der Waals surface area contributed by atoms with E-state index in [9.17, 15) is 4.79 Å². The zero-order valence-electron chi connectivity index (χ0n) is 10.8. The van der Waals surface area contributed by atoms with Gasteiger partial charge < -0.3 is 10.6 Å². The van der Waals surface area contributed by atoms with Gasteiger partial charge in [-0.3, -0.25) is 4.79 Å². The molecule has 18 heavy (non-hydrogen) atoms. The number of hydrogen-bond donors (Lipinski definition) is 2. The van der Waals surface area contributed by atoms with Gasteiger partial charge in [-0.05, 0) is 29.9 Å². The highest BCUT2D eigenvalue weighted by atomic mass is 16.2. The molecule has 1 aromatic carbocycles. The van der Waals surface area contributed by atoms with Gasteiger partial charge in [0.15, 0.2) is 0 Å². The van der Waals surface area contributed by atoms with Gasteiger partial charge in [-0.15, -0.1) is 0 Å². The fourth-order valence-electron chi connectivity index (χ4n) is 2.80. The first kappa shape index (κ1) is 11.7. The molecule has 0 spiro atoms. The fourth-order valence-corrected chi connectivity index (χ4v) is 2.80. The maximum atomic E-state index is 12.1. The Morgan fingerprint density at radius 3 is 2.89 bits per heavy atom. The topological polar surface area (TPSA) is 41.1 Å². The molecule has 0 radical (unpaired) electrons. The molecule has 3 atom stereocenters. The van der Waals surface area contributed by atoms with Crippen molar-refractivity contribution in [3.63, 3.8) is 0 Å². The summed E-state index contributed by atoms with van der Waals surface area (Å²) in [7, 11) is 0. The summed E-state index contributed by atoms with van der Waals surface area (Å²) in [6.45, 7) is 2.99. The number of carbonyl (C=O) groups excluding carboxylic acids is 1. The van der Waals surface area contributed by atoms with Crippen molar-refractivity contribution in [3.05, 3.63) is 35.4 Å². The molecule has 1 amide bonds. The van der Waals surface area contributed by atoms with E-state index in [1.165, 1.54) is 17.5 Å². The highest BCUT2D eigenvalue weighted by molar-refractivity contribution is 5.83. The lowest BCUT2D eigenvalue weighted by molar-refractivity contribution is -0.123. The molecule has 1 saturated carbocycles. The maximum absolute atomic E-state index is 12.1. The van der Waals surface area contributed by atoms with Crippen molar-refractivity contribution in [3.8, 4) is 0 Å². The lowest BCUT2D eigenvalue weighted by Gasteiger charge is -2.25. The molecule has 3 heteroatoms. The molecular weight excluding hydrogens is 224 g/mol. The molecule has 3 nitrogen and oxygen atoms in total. The standard InChI is InChI=1S/C15H20N2O/c1-2-10-7-13(10)17-15(18)14-8-11-5-3-4-6-12(11)9-16-14/h3-6,10,13-14,16H,2,7-9H2,1H3,(H,17,18)/t10?,13?,14-/m1/s1. The molecule has 2 N–H and O–H groups in total. The summed E-state index contributed by atoms with van der Waals surface area (Å²) in [4.78, 5) is 12.1. The number of nitrogens with one attached hydrogen (secondary N) is 2. The number of carbonyl (C=O) groups is 1. The maximum Gasteiger partial charge on any atom is 0.237 e. The molecule has 2 aliphatic rings. The average Bonchev–Trinajstić information content (AvgIpc) is 3.16. The average molecular weight is 244 g/mol. The van der Waals surface area contributed by atoms with Crippen LogP contribution in [0.15, 0.2) is 24.3 Å². The highest BCUT2D eigenvalue weighted by Crippen LogP contribution is 2.33. The van der Waals surface area contributed by atoms with Crippen LogP contribution < -0.4 is 10.6 Å². The number of rotatable bonds is 3. The van der Waals surface area contributed by atoms with Gasteiger partial charge in [-0.25, -0.2) is 0 Å². The zero-order valence-corrected chi connectivity index (χ0v) is 10.8. The van der Waals surface area contributed by atoms with E-state index < -0.39 is 0 Å². The Morgan fingerprint density at radius 2 is 2.17 bits per heavy atom. The van der Waals surface area contributed by atoms with Crippen LogP contribution in [0.1, 0.15) is 30.9 Å². The Balaban J connectivity index is 1.60. The van der Waals surface area contributed by atoms with Crippen LogP contribution in [0.5, 0.6) is 0 Å². The van der Waals surface area contributed by atoms with E-state index in [0.29, 0.717) is 12.0 Å². The van der Waals surface area contributed by atoms with Gasteiger partial charge >= 0.3 is 0 Å². The van der Waals surface area contributed by atoms with Gasteiger partial charge in [0.25, 0.3) is 0 Å². The molecule has 1 aromatic rings. The van der Waals surface area contributed by atoms with Crippen molar-refractivity contribution in [2.24, 2.45) is 5.92 Å². The van der Waals surface area contributed by atoms with E-state index in [4.69, 9.17) is 0 Å². The van der Waals surface area contributed by atoms with Crippen LogP contribution in [0.25, 0.3) is 0 Å². The normalized spacial score (nSPS) is 29.5. The van der Waals surface area contributed by atoms with Gasteiger partial charge in [0.2, 0.25) is 5.91 Å². The second kappa shape index (κ2) is 4.73. The van der Waals surface area contributed by atoms with Crippen molar-refractivity contribution in [2.75, 3.05) is 0 Å². The van der Waals surface area contributed by atoms with Crippen molar-refractivity contribution in [2.45, 2.75) is 44.8 Å². The summed E-state index contributed by atoms with van der Waals surface area (Å²) >= 11 is 0. The van der Waals surface area contributed by atoms with Gasteiger partial charge in [-0.2, -0.15) is 0 Å². The third-order valence-corrected chi connectivity index (χ3v) is 4.17. The van der Waals surface area contributed by atoms with Gasteiger partial charge in [0.1, 0.15) is 0 Å². The Hall–Kier alpha value is -1.35. The Kier molecular flexibility index (Phi) is 3.08. The highest BCUT2D eigenvalue weighted by Gasteiger charge is 2.38. The molecule has 0 bridgehead atoms. The van der Waals surface area contributed by atoms with Crippen LogP contribution >= 0.6 is 0 Å². The summed E-state index contributed by atoms with van der Waals surface area (Å²) in [6, 6.07) is 8.73. The lowest BCUT2D eigenvalue weighted by atomic mass is 9.95. The summed E-state index contributed by atoms with van der Waals surface area (Å²) in [6.07, 6.45) is 3.14. The SMILES string of the molecule is CCC1CC1NC(=O)[C@H]1Cc2ccccc2CN1. The minimum atomic E-state index is -0.0574. The molecule has 96 valence electrons. The van der Waals surface area contributed by atoms with E-state index in [-0.39, 0.29) is 11.9 Å². The third-order valence-electron chi connectivity index (χ3n) is 4.17. The molecule has 3 rings (SSSR count). The van der Waals surface area contributed by atoms with Crippen LogP contribution in [0.4, 0.5) is 0 Å². The van der Waals surface area contributed by atoms with E-state index in [1.54, 1.807) is 0 Å². The lowest BCUT2D eigenvalue weighted by Crippen LogP contribution is -2.48. The van der Waals surface area contributed by atoms with E-state index in [0.717, 1.165) is 19.4 Å². The van der Waals surface area contributed by atoms with Crippen LogP contribution in [-0.4, -0.2) is 18.0 Å². The number of benzene rings is 1. The summed E-state index contributed by atoms with van der Waals surface area (Å²) in [5, 5.41) is 6.48. The Bertz CT molecular complexity index is 458. The van der Waals surface area contributed by atoms with E-state index >= 15 is 0 Å². The molecule has 1 fully saturated rings. The van der Waals surface area contributed by atoms with Crippen molar-refractivity contribution in [1.29, 1.82) is 0 Å². The second-order valence-electron chi connectivity index (χ2n) is 5.43. The zero-order chi connectivity index (χ0) is 12.5. The van der Waals surface area contributed by atoms with Gasteiger partial charge in [-0.1, -0.05) is 37.6 Å². The number of amides is 1. The van der Waals surface area contributed by atoms with Crippen LogP contribution in [0, 0.1) is 5.92 Å². The summed E-state index contributed by atoms with van der Waals surface area (Å²) in [5.41, 5.74) is 2.62. The molecule has 1 aliphatic carbocycles. The fraction of sp³-hybridized carbons (Fsp3) is 0.533. The van der Waals surface area contributed by atoms with Gasteiger partial charge in [0.05, 0.1) is 6.04 Å². The predicted molar refractivity (Wildman–Crippen MR) is 71.1 cm³/mol. The molecule has 2 unspecified atom stereocenters. The Morgan fingerprint density at radius 1 is 1.39 bits per heavy atom. The largest absolute Gasteiger partial charge is 0.352 e. The monoisotopic (exact) mass is 244 g/mol. The summed E-state index contributed by atoms with van der Waals surface area (Å²) < 4.78 is 0. The van der Waals surface area contributed by atoms with Crippen LogP contribution in [0.3, 0.4) is 0 Å². The van der Waals surface area contributed by atoms with Gasteiger partial charge in [0, 0.05) is 12.6 Å². The molecular formula is C15H20N2O. The Labute approximate surface area is 108 Å². The number of fused-ring (bicyclic) bond motifs is 1. The van der Waals surface area contributed by atoms with Crippen LogP contribution in [-0.2, 0) is 17.8 Å². The van der Waals surface area contributed by atoms with E-state index in [2.05, 4.69) is 35.8 Å². The first-order valence-electron chi connectivity index (χ1n) is 6.88. The number of hydrogen-bond acceptors (Lipinski definition) is 2. The van der Waals surface area contributed by atoms with Crippen LogP contribution in [0.2, 0.25) is 0 Å². The second-order valence-corrected chi connectivity index (χ2v) is 5.43. The summed E-state index contributed by atoms with van der Waals surface area (Å²) in [5.74, 6) is 0.885.